The lowest BCUT2D eigenvalue weighted by atomic mass is 10.0. The van der Waals surface area contributed by atoms with Crippen LogP contribution in [0, 0.1) is 0 Å². The molecule has 0 bridgehead atoms. The Bertz CT molecular complexity index is 579. The lowest BCUT2D eigenvalue weighted by Crippen LogP contribution is -2.50. The fourth-order valence-corrected chi connectivity index (χ4v) is 2.88. The normalized spacial score (nSPS) is 18.3. The lowest BCUT2D eigenvalue weighted by Gasteiger charge is -2.38. The van der Waals surface area contributed by atoms with Crippen LogP contribution in [0.1, 0.15) is 5.56 Å². The van der Waals surface area contributed by atoms with E-state index in [1.54, 1.807) is 0 Å². The smallest absolute Gasteiger partial charge is 0.109 e. The van der Waals surface area contributed by atoms with Gasteiger partial charge in [0.2, 0.25) is 0 Å². The summed E-state index contributed by atoms with van der Waals surface area (Å²) in [4.78, 5) is 0. The monoisotopic (exact) mass is 254 g/mol. The van der Waals surface area contributed by atoms with Crippen LogP contribution in [0.25, 0.3) is 10.8 Å². The van der Waals surface area contributed by atoms with Crippen LogP contribution in [-0.4, -0.2) is 30.8 Å². The van der Waals surface area contributed by atoms with Gasteiger partial charge in [0, 0.05) is 5.56 Å². The summed E-state index contributed by atoms with van der Waals surface area (Å²) in [5, 5.41) is 2.67. The van der Waals surface area contributed by atoms with Crippen molar-refractivity contribution in [2.45, 2.75) is 6.54 Å². The van der Waals surface area contributed by atoms with Crippen LogP contribution in [0.15, 0.2) is 55.2 Å². The number of morpholine rings is 1. The van der Waals surface area contributed by atoms with E-state index in [-0.39, 0.29) is 0 Å². The topological polar surface area (TPSA) is 9.23 Å². The summed E-state index contributed by atoms with van der Waals surface area (Å²) in [6, 6.07) is 15.2. The quantitative estimate of drug-likeness (QED) is 0.763. The minimum absolute atomic E-state index is 0.830. The number of rotatable bonds is 3. The number of nitrogens with zero attached hydrogens (tertiary/aromatic N) is 1. The van der Waals surface area contributed by atoms with Crippen LogP contribution in [0.3, 0.4) is 0 Å². The van der Waals surface area contributed by atoms with Gasteiger partial charge in [0.05, 0.1) is 19.4 Å². The van der Waals surface area contributed by atoms with E-state index in [2.05, 4.69) is 55.2 Å². The first kappa shape index (κ1) is 12.4. The Labute approximate surface area is 114 Å². The van der Waals surface area contributed by atoms with Crippen molar-refractivity contribution in [3.63, 3.8) is 0 Å². The zero-order valence-corrected chi connectivity index (χ0v) is 11.2. The third-order valence-electron chi connectivity index (χ3n) is 4.11. The van der Waals surface area contributed by atoms with Crippen molar-refractivity contribution >= 4 is 10.8 Å². The zero-order chi connectivity index (χ0) is 13.1. The second-order valence-corrected chi connectivity index (χ2v) is 5.26. The van der Waals surface area contributed by atoms with Crippen LogP contribution in [0.2, 0.25) is 0 Å². The molecule has 98 valence electrons. The first-order chi connectivity index (χ1) is 9.33. The Morgan fingerprint density at radius 3 is 2.58 bits per heavy atom. The van der Waals surface area contributed by atoms with Crippen LogP contribution in [-0.2, 0) is 11.3 Å². The Hall–Kier alpha value is -1.64. The third-order valence-corrected chi connectivity index (χ3v) is 4.11. The predicted octanol–water partition coefficient (Wildman–Crippen LogP) is 3.33. The first-order valence-electron chi connectivity index (χ1n) is 6.87. The molecule has 0 N–H and O–H groups in total. The molecule has 0 aromatic heterocycles. The number of quaternary nitrogens is 1. The fraction of sp³-hybridized carbons (Fsp3) is 0.294. The van der Waals surface area contributed by atoms with Crippen LogP contribution in [0.5, 0.6) is 0 Å². The van der Waals surface area contributed by atoms with Crippen molar-refractivity contribution < 1.29 is 9.22 Å². The molecule has 2 aromatic carbocycles. The number of ether oxygens (including phenoxy) is 1. The summed E-state index contributed by atoms with van der Waals surface area (Å²) in [5.41, 5.74) is 1.40. The maximum absolute atomic E-state index is 5.49. The highest BCUT2D eigenvalue weighted by Crippen LogP contribution is 2.24. The van der Waals surface area contributed by atoms with Crippen molar-refractivity contribution in [1.29, 1.82) is 0 Å². The molecule has 1 saturated heterocycles. The second kappa shape index (κ2) is 5.16. The van der Waals surface area contributed by atoms with Crippen molar-refractivity contribution in [2.75, 3.05) is 26.3 Å². The summed E-state index contributed by atoms with van der Waals surface area (Å²) >= 11 is 0. The van der Waals surface area contributed by atoms with E-state index < -0.39 is 0 Å². The highest BCUT2D eigenvalue weighted by atomic mass is 16.5. The molecule has 0 atom stereocenters. The van der Waals surface area contributed by atoms with E-state index in [9.17, 15) is 0 Å². The molecule has 2 nitrogen and oxygen atoms in total. The van der Waals surface area contributed by atoms with Gasteiger partial charge in [-0.15, -0.1) is 0 Å². The molecule has 0 amide bonds. The Kier molecular flexibility index (Phi) is 3.36. The molecule has 1 fully saturated rings. The summed E-state index contributed by atoms with van der Waals surface area (Å²) in [6.45, 7) is 8.76. The Morgan fingerprint density at radius 2 is 1.79 bits per heavy atom. The van der Waals surface area contributed by atoms with Crippen LogP contribution >= 0.6 is 0 Å². The van der Waals surface area contributed by atoms with Crippen LogP contribution < -0.4 is 0 Å². The summed E-state index contributed by atoms with van der Waals surface area (Å²) < 4.78 is 6.41. The average Bonchev–Trinajstić information content (AvgIpc) is 2.49. The first-order valence-corrected chi connectivity index (χ1v) is 6.87. The maximum Gasteiger partial charge on any atom is 0.109 e. The van der Waals surface area contributed by atoms with Crippen molar-refractivity contribution in [3.8, 4) is 0 Å². The molecular weight excluding hydrogens is 234 g/mol. The van der Waals surface area contributed by atoms with Gasteiger partial charge in [0.1, 0.15) is 19.6 Å². The van der Waals surface area contributed by atoms with E-state index in [1.807, 2.05) is 0 Å². The Balaban J connectivity index is 1.98. The minimum atomic E-state index is 0.830. The number of benzene rings is 2. The van der Waals surface area contributed by atoms with Gasteiger partial charge in [-0.25, -0.2) is 0 Å². The molecular formula is C17H20NO+. The second-order valence-electron chi connectivity index (χ2n) is 5.26. The van der Waals surface area contributed by atoms with Crippen molar-refractivity contribution in [3.05, 3.63) is 60.8 Å². The van der Waals surface area contributed by atoms with Gasteiger partial charge in [-0.05, 0) is 17.4 Å². The molecule has 0 spiro atoms. The summed E-state index contributed by atoms with van der Waals surface area (Å²) in [5.74, 6) is 0. The van der Waals surface area contributed by atoms with Gasteiger partial charge in [-0.3, -0.25) is 4.48 Å². The van der Waals surface area contributed by atoms with E-state index >= 15 is 0 Å². The molecule has 0 radical (unpaired) electrons. The Morgan fingerprint density at radius 1 is 1.05 bits per heavy atom. The zero-order valence-electron chi connectivity index (χ0n) is 11.2. The van der Waals surface area contributed by atoms with Gasteiger partial charge in [-0.1, -0.05) is 42.5 Å². The molecule has 0 aliphatic carbocycles. The van der Waals surface area contributed by atoms with Gasteiger partial charge < -0.3 is 4.74 Å². The third kappa shape index (κ3) is 2.42. The van der Waals surface area contributed by atoms with E-state index in [0.717, 1.165) is 37.3 Å². The standard InChI is InChI=1S/C17H20NO/c1-2-18(10-12-19-13-11-18)14-16-8-5-7-15-6-3-4-9-17(15)16/h2-9H,1,10-14H2/q+1. The minimum Gasteiger partial charge on any atom is -0.370 e. The number of hydrogen-bond acceptors (Lipinski definition) is 1. The molecule has 0 saturated carbocycles. The van der Waals surface area contributed by atoms with E-state index in [0.29, 0.717) is 0 Å². The fourth-order valence-electron chi connectivity index (χ4n) is 2.88. The molecule has 2 aromatic rings. The van der Waals surface area contributed by atoms with Crippen molar-refractivity contribution in [1.82, 2.24) is 0 Å². The van der Waals surface area contributed by atoms with Gasteiger partial charge in [0.25, 0.3) is 0 Å². The average molecular weight is 254 g/mol. The van der Waals surface area contributed by atoms with E-state index in [1.165, 1.54) is 16.3 Å². The van der Waals surface area contributed by atoms with Gasteiger partial charge in [0.15, 0.2) is 0 Å². The van der Waals surface area contributed by atoms with E-state index in [4.69, 9.17) is 4.74 Å². The maximum atomic E-state index is 5.49. The molecule has 0 unspecified atom stereocenters. The molecule has 1 aliphatic rings. The molecule has 19 heavy (non-hydrogen) atoms. The summed E-state index contributed by atoms with van der Waals surface area (Å²) in [7, 11) is 0. The predicted molar refractivity (Wildman–Crippen MR) is 78.7 cm³/mol. The van der Waals surface area contributed by atoms with Gasteiger partial charge >= 0.3 is 0 Å². The number of fused-ring (bicyclic) bond motifs is 1. The number of hydrogen-bond donors (Lipinski definition) is 0. The molecule has 2 heteroatoms. The lowest BCUT2D eigenvalue weighted by molar-refractivity contribution is -0.900. The summed E-state index contributed by atoms with van der Waals surface area (Å²) in [6.07, 6.45) is 2.09. The molecule has 3 rings (SSSR count). The van der Waals surface area contributed by atoms with Crippen LogP contribution in [0.4, 0.5) is 0 Å². The SMILES string of the molecule is C=C[N+]1(Cc2cccc3ccccc23)CCOCC1. The highest BCUT2D eigenvalue weighted by molar-refractivity contribution is 5.85. The molecule has 1 aliphatic heterocycles. The molecule has 1 heterocycles. The largest absolute Gasteiger partial charge is 0.370 e. The highest BCUT2D eigenvalue weighted by Gasteiger charge is 2.28. The van der Waals surface area contributed by atoms with Crippen molar-refractivity contribution in [2.24, 2.45) is 0 Å². The van der Waals surface area contributed by atoms with Gasteiger partial charge in [-0.2, -0.15) is 0 Å².